The number of anilines is 1. The second-order valence-electron chi connectivity index (χ2n) is 8.74. The van der Waals surface area contributed by atoms with Crippen molar-refractivity contribution in [3.8, 4) is 5.75 Å². The highest BCUT2D eigenvalue weighted by atomic mass is 16.5. The molecule has 3 amide bonds. The molecule has 0 aromatic heterocycles. The van der Waals surface area contributed by atoms with Gasteiger partial charge >= 0.3 is 6.03 Å². The number of nitrogens with one attached hydrogen (secondary N) is 2. The highest BCUT2D eigenvalue weighted by molar-refractivity contribution is 5.89. The second kappa shape index (κ2) is 11.9. The number of methoxy groups -OCH3 is 1. The molecule has 2 aliphatic heterocycles. The van der Waals surface area contributed by atoms with Crippen molar-refractivity contribution in [3.05, 3.63) is 60.2 Å². The molecule has 0 radical (unpaired) electrons. The third-order valence-electron chi connectivity index (χ3n) is 6.63. The van der Waals surface area contributed by atoms with Gasteiger partial charge in [-0.1, -0.05) is 30.3 Å². The van der Waals surface area contributed by atoms with Crippen LogP contribution in [0.4, 0.5) is 10.5 Å². The van der Waals surface area contributed by atoms with Gasteiger partial charge in [-0.3, -0.25) is 9.69 Å². The lowest BCUT2D eigenvalue weighted by Crippen LogP contribution is -2.47. The number of nitrogens with zero attached hydrogens (tertiary/aromatic N) is 2. The van der Waals surface area contributed by atoms with Gasteiger partial charge in [0, 0.05) is 44.3 Å². The Bertz CT molecular complexity index is 924. The molecular formula is C26H34N4O4. The number of morpholine rings is 1. The summed E-state index contributed by atoms with van der Waals surface area (Å²) in [5, 5.41) is 6.11. The van der Waals surface area contributed by atoms with E-state index in [2.05, 4.69) is 27.7 Å². The number of benzene rings is 2. The molecule has 2 aliphatic rings. The van der Waals surface area contributed by atoms with Crippen molar-refractivity contribution in [2.75, 3.05) is 58.4 Å². The average Bonchev–Trinajstić information content (AvgIpc) is 2.90. The maximum absolute atomic E-state index is 13.0. The van der Waals surface area contributed by atoms with Crippen LogP contribution in [0.2, 0.25) is 0 Å². The lowest BCUT2D eigenvalue weighted by molar-refractivity contribution is -0.126. The summed E-state index contributed by atoms with van der Waals surface area (Å²) in [5.41, 5.74) is 1.93. The Morgan fingerprint density at radius 2 is 1.68 bits per heavy atom. The highest BCUT2D eigenvalue weighted by Gasteiger charge is 2.29. The van der Waals surface area contributed by atoms with Crippen LogP contribution in [0.15, 0.2) is 54.6 Å². The van der Waals surface area contributed by atoms with E-state index in [1.165, 1.54) is 0 Å². The van der Waals surface area contributed by atoms with Crippen LogP contribution in [0.5, 0.6) is 5.75 Å². The molecule has 2 aromatic rings. The Morgan fingerprint density at radius 3 is 2.32 bits per heavy atom. The number of likely N-dealkylation sites (tertiary alicyclic amines) is 1. The number of carbonyl (C=O) groups is 2. The molecule has 182 valence electrons. The van der Waals surface area contributed by atoms with Gasteiger partial charge in [0.25, 0.3) is 0 Å². The Morgan fingerprint density at radius 1 is 1.00 bits per heavy atom. The van der Waals surface area contributed by atoms with Crippen LogP contribution in [0, 0.1) is 5.92 Å². The minimum Gasteiger partial charge on any atom is -0.497 e. The zero-order chi connectivity index (χ0) is 23.8. The zero-order valence-corrected chi connectivity index (χ0v) is 19.7. The summed E-state index contributed by atoms with van der Waals surface area (Å²) >= 11 is 0. The van der Waals surface area contributed by atoms with Gasteiger partial charge in [-0.25, -0.2) is 4.79 Å². The molecule has 4 rings (SSSR count). The summed E-state index contributed by atoms with van der Waals surface area (Å²) in [4.78, 5) is 29.7. The van der Waals surface area contributed by atoms with E-state index < -0.39 is 0 Å². The topological polar surface area (TPSA) is 83.1 Å². The number of ether oxygens (including phenoxy) is 2. The number of urea groups is 1. The predicted molar refractivity (Wildman–Crippen MR) is 131 cm³/mol. The quantitative estimate of drug-likeness (QED) is 0.655. The van der Waals surface area contributed by atoms with Crippen molar-refractivity contribution in [1.29, 1.82) is 0 Å². The van der Waals surface area contributed by atoms with Crippen LogP contribution in [0.3, 0.4) is 0 Å². The fourth-order valence-electron chi connectivity index (χ4n) is 4.58. The van der Waals surface area contributed by atoms with Gasteiger partial charge in [0.05, 0.1) is 26.4 Å². The minimum absolute atomic E-state index is 0.0647. The van der Waals surface area contributed by atoms with Crippen molar-refractivity contribution in [3.63, 3.8) is 0 Å². The first-order chi connectivity index (χ1) is 16.6. The van der Waals surface area contributed by atoms with Crippen molar-refractivity contribution in [1.82, 2.24) is 15.1 Å². The van der Waals surface area contributed by atoms with E-state index in [0.29, 0.717) is 45.7 Å². The van der Waals surface area contributed by atoms with Gasteiger partial charge in [-0.2, -0.15) is 0 Å². The standard InChI is InChI=1S/C26H34N4O4/c1-33-23-9-7-20(8-10-23)24(29-15-17-34-18-16-29)19-27-25(31)21-11-13-30(14-12-21)26(32)28-22-5-3-2-4-6-22/h2-10,21,24H,11-19H2,1H3,(H,27,31)(H,28,32)/t24-/m1/s1. The normalized spacial score (nSPS) is 18.2. The summed E-state index contributed by atoms with van der Waals surface area (Å²) in [7, 11) is 1.66. The summed E-state index contributed by atoms with van der Waals surface area (Å²) in [6, 6.07) is 17.4. The van der Waals surface area contributed by atoms with Gasteiger partial charge < -0.3 is 25.0 Å². The first-order valence-electron chi connectivity index (χ1n) is 12.0. The number of rotatable bonds is 7. The van der Waals surface area contributed by atoms with Crippen molar-refractivity contribution in [2.24, 2.45) is 5.92 Å². The van der Waals surface area contributed by atoms with Crippen LogP contribution in [-0.2, 0) is 9.53 Å². The summed E-state index contributed by atoms with van der Waals surface area (Å²) in [6.45, 7) is 4.75. The van der Waals surface area contributed by atoms with Gasteiger partial charge in [-0.05, 0) is 42.7 Å². The molecule has 2 aromatic carbocycles. The average molecular weight is 467 g/mol. The molecule has 0 saturated carbocycles. The molecule has 0 unspecified atom stereocenters. The molecule has 2 N–H and O–H groups in total. The SMILES string of the molecule is COc1ccc([C@@H](CNC(=O)C2CCN(C(=O)Nc3ccccc3)CC2)N2CCOCC2)cc1. The van der Waals surface area contributed by atoms with Gasteiger partial charge in [-0.15, -0.1) is 0 Å². The monoisotopic (exact) mass is 466 g/mol. The molecule has 2 saturated heterocycles. The number of piperidine rings is 1. The lowest BCUT2D eigenvalue weighted by atomic mass is 9.95. The number of hydrogen-bond donors (Lipinski definition) is 2. The van der Waals surface area contributed by atoms with Gasteiger partial charge in [0.1, 0.15) is 5.75 Å². The van der Waals surface area contributed by atoms with Gasteiger partial charge in [0.2, 0.25) is 5.91 Å². The Hall–Kier alpha value is -3.10. The first kappa shape index (κ1) is 24.0. The van der Waals surface area contributed by atoms with Crippen LogP contribution in [-0.4, -0.2) is 74.8 Å². The second-order valence-corrected chi connectivity index (χ2v) is 8.74. The first-order valence-corrected chi connectivity index (χ1v) is 12.0. The largest absolute Gasteiger partial charge is 0.497 e. The number of hydrogen-bond acceptors (Lipinski definition) is 5. The summed E-state index contributed by atoms with van der Waals surface area (Å²) < 4.78 is 10.8. The fourth-order valence-corrected chi connectivity index (χ4v) is 4.58. The Kier molecular flexibility index (Phi) is 8.38. The van der Waals surface area contributed by atoms with Crippen molar-refractivity contribution in [2.45, 2.75) is 18.9 Å². The Balaban J connectivity index is 1.29. The maximum atomic E-state index is 13.0. The number of para-hydroxylation sites is 1. The molecule has 0 aliphatic carbocycles. The summed E-state index contributed by atoms with van der Waals surface area (Å²) in [6.07, 6.45) is 1.33. The molecule has 1 atom stereocenters. The molecule has 8 heteroatoms. The van der Waals surface area contributed by atoms with E-state index in [9.17, 15) is 9.59 Å². The van der Waals surface area contributed by atoms with E-state index in [0.717, 1.165) is 30.1 Å². The molecule has 0 spiro atoms. The van der Waals surface area contributed by atoms with Crippen LogP contribution in [0.25, 0.3) is 0 Å². The zero-order valence-electron chi connectivity index (χ0n) is 19.7. The third kappa shape index (κ3) is 6.27. The van der Waals surface area contributed by atoms with Crippen molar-refractivity contribution < 1.29 is 19.1 Å². The van der Waals surface area contributed by atoms with Crippen LogP contribution < -0.4 is 15.4 Å². The molecule has 0 bridgehead atoms. The smallest absolute Gasteiger partial charge is 0.321 e. The predicted octanol–water partition coefficient (Wildman–Crippen LogP) is 3.13. The Labute approximate surface area is 201 Å². The van der Waals surface area contributed by atoms with Crippen LogP contribution in [0.1, 0.15) is 24.4 Å². The fraction of sp³-hybridized carbons (Fsp3) is 0.462. The minimum atomic E-state index is -0.114. The molecule has 34 heavy (non-hydrogen) atoms. The van der Waals surface area contributed by atoms with Gasteiger partial charge in [0.15, 0.2) is 0 Å². The van der Waals surface area contributed by atoms with Crippen molar-refractivity contribution >= 4 is 17.6 Å². The maximum Gasteiger partial charge on any atom is 0.321 e. The molecular weight excluding hydrogens is 432 g/mol. The van der Waals surface area contributed by atoms with E-state index in [1.54, 1.807) is 12.0 Å². The van der Waals surface area contributed by atoms with E-state index in [4.69, 9.17) is 9.47 Å². The van der Waals surface area contributed by atoms with E-state index >= 15 is 0 Å². The molecule has 2 fully saturated rings. The number of amides is 3. The third-order valence-corrected chi connectivity index (χ3v) is 6.63. The number of carbonyl (C=O) groups excluding carboxylic acids is 2. The van der Waals surface area contributed by atoms with Crippen LogP contribution >= 0.6 is 0 Å². The highest BCUT2D eigenvalue weighted by Crippen LogP contribution is 2.25. The molecule has 2 heterocycles. The van der Waals surface area contributed by atoms with E-state index in [-0.39, 0.29) is 23.9 Å². The molecule has 8 nitrogen and oxygen atoms in total. The lowest BCUT2D eigenvalue weighted by Gasteiger charge is -2.36. The summed E-state index contributed by atoms with van der Waals surface area (Å²) in [5.74, 6) is 0.799. The van der Waals surface area contributed by atoms with E-state index in [1.807, 2.05) is 42.5 Å².